The molecule has 2 rings (SSSR count). The van der Waals surface area contributed by atoms with Crippen molar-refractivity contribution in [3.8, 4) is 0 Å². The molecule has 4 nitrogen and oxygen atoms in total. The Morgan fingerprint density at radius 2 is 2.06 bits per heavy atom. The number of nitrogens with zero attached hydrogens (tertiary/aromatic N) is 1. The van der Waals surface area contributed by atoms with Crippen LogP contribution in [0.2, 0.25) is 0 Å². The van der Waals surface area contributed by atoms with Gasteiger partial charge in [-0.2, -0.15) is 0 Å². The van der Waals surface area contributed by atoms with Crippen LogP contribution in [-0.4, -0.2) is 28.1 Å². The van der Waals surface area contributed by atoms with Crippen LogP contribution in [0.25, 0.3) is 0 Å². The van der Waals surface area contributed by atoms with Crippen LogP contribution >= 0.6 is 0 Å². The molecule has 1 fully saturated rings. The molecule has 1 aromatic rings. The lowest BCUT2D eigenvalue weighted by molar-refractivity contribution is 0.0713. The summed E-state index contributed by atoms with van der Waals surface area (Å²) in [5.41, 5.74) is 2.30. The molecule has 0 bridgehead atoms. The number of carbonyl (C=O) groups is 1. The van der Waals surface area contributed by atoms with Crippen LogP contribution in [0.15, 0.2) is 12.1 Å². The average molecular weight is 248 g/mol. The topological polar surface area (TPSA) is 62.2 Å². The van der Waals surface area contributed by atoms with Crippen molar-refractivity contribution in [2.75, 3.05) is 0 Å². The number of aromatic nitrogens is 1. The number of hydrogen-bond acceptors (Lipinski definition) is 3. The van der Waals surface area contributed by atoms with Crippen LogP contribution in [0.5, 0.6) is 0 Å². The first kappa shape index (κ1) is 13.0. The van der Waals surface area contributed by atoms with Crippen molar-refractivity contribution in [3.63, 3.8) is 0 Å². The Morgan fingerprint density at radius 3 is 2.72 bits per heavy atom. The monoisotopic (exact) mass is 248 g/mol. The third-order valence-corrected chi connectivity index (χ3v) is 3.38. The van der Waals surface area contributed by atoms with Crippen LogP contribution < -0.4 is 5.32 Å². The molecule has 2 atom stereocenters. The van der Waals surface area contributed by atoms with Gasteiger partial charge in [0.2, 0.25) is 0 Å². The molecule has 1 amide bonds. The van der Waals surface area contributed by atoms with Crippen molar-refractivity contribution in [1.82, 2.24) is 10.3 Å². The molecule has 1 aliphatic carbocycles. The summed E-state index contributed by atoms with van der Waals surface area (Å²) in [5, 5.41) is 12.7. The number of aliphatic hydroxyl groups is 1. The number of nitrogens with one attached hydrogen (secondary N) is 1. The van der Waals surface area contributed by atoms with Crippen molar-refractivity contribution >= 4 is 5.91 Å². The van der Waals surface area contributed by atoms with E-state index in [0.717, 1.165) is 36.9 Å². The van der Waals surface area contributed by atoms with Crippen molar-refractivity contribution in [1.29, 1.82) is 0 Å². The highest BCUT2D eigenvalue weighted by Gasteiger charge is 2.25. The summed E-state index contributed by atoms with van der Waals surface area (Å²) in [6.07, 6.45) is 3.29. The molecule has 1 aliphatic rings. The highest BCUT2D eigenvalue weighted by Crippen LogP contribution is 2.18. The van der Waals surface area contributed by atoms with Crippen molar-refractivity contribution in [2.24, 2.45) is 0 Å². The molecule has 1 saturated carbocycles. The number of carbonyl (C=O) groups excluding carboxylic acids is 1. The first-order valence-electron chi connectivity index (χ1n) is 6.50. The number of aliphatic hydroxyl groups excluding tert-OH is 1. The van der Waals surface area contributed by atoms with E-state index in [1.807, 2.05) is 19.9 Å². The molecule has 98 valence electrons. The molecular formula is C14H20N2O2. The summed E-state index contributed by atoms with van der Waals surface area (Å²) >= 11 is 0. The molecule has 2 N–H and O–H groups in total. The Hall–Kier alpha value is -1.42. The zero-order valence-corrected chi connectivity index (χ0v) is 10.9. The molecule has 0 aliphatic heterocycles. The van der Waals surface area contributed by atoms with Gasteiger partial charge < -0.3 is 10.4 Å². The van der Waals surface area contributed by atoms with Gasteiger partial charge in [-0.3, -0.25) is 4.79 Å². The average Bonchev–Trinajstić information content (AvgIpc) is 2.31. The number of hydrogen-bond donors (Lipinski definition) is 2. The summed E-state index contributed by atoms with van der Waals surface area (Å²) in [7, 11) is 0. The quantitative estimate of drug-likeness (QED) is 0.838. The maximum atomic E-state index is 12.1. The smallest absolute Gasteiger partial charge is 0.270 e. The Bertz CT molecular complexity index is 425. The van der Waals surface area contributed by atoms with E-state index >= 15 is 0 Å². The summed E-state index contributed by atoms with van der Waals surface area (Å²) in [5.74, 6) is -0.187. The second-order valence-electron chi connectivity index (χ2n) is 5.10. The Kier molecular flexibility index (Phi) is 3.97. The normalized spacial score (nSPS) is 23.7. The SMILES string of the molecule is Cc1cc(C)nc(C(=O)N[C@H]2CCCC[C@@H]2O)c1. The van der Waals surface area contributed by atoms with Crippen LogP contribution in [0.4, 0.5) is 0 Å². The minimum absolute atomic E-state index is 0.131. The largest absolute Gasteiger partial charge is 0.391 e. The van der Waals surface area contributed by atoms with E-state index in [-0.39, 0.29) is 11.9 Å². The minimum atomic E-state index is -0.423. The molecule has 0 saturated heterocycles. The second-order valence-corrected chi connectivity index (χ2v) is 5.10. The maximum Gasteiger partial charge on any atom is 0.270 e. The van der Waals surface area contributed by atoms with Crippen LogP contribution in [0, 0.1) is 13.8 Å². The van der Waals surface area contributed by atoms with E-state index in [0.29, 0.717) is 5.69 Å². The second kappa shape index (κ2) is 5.48. The van der Waals surface area contributed by atoms with Gasteiger partial charge in [-0.15, -0.1) is 0 Å². The van der Waals surface area contributed by atoms with Crippen molar-refractivity contribution in [2.45, 2.75) is 51.7 Å². The molecule has 0 spiro atoms. The lowest BCUT2D eigenvalue weighted by atomic mass is 9.92. The summed E-state index contributed by atoms with van der Waals surface area (Å²) in [6, 6.07) is 3.58. The zero-order valence-electron chi connectivity index (χ0n) is 10.9. The minimum Gasteiger partial charge on any atom is -0.391 e. The van der Waals surface area contributed by atoms with E-state index in [4.69, 9.17) is 0 Å². The van der Waals surface area contributed by atoms with Gasteiger partial charge in [-0.25, -0.2) is 4.98 Å². The van der Waals surface area contributed by atoms with Crippen LogP contribution in [-0.2, 0) is 0 Å². The number of rotatable bonds is 2. The molecule has 4 heteroatoms. The van der Waals surface area contributed by atoms with Gasteiger partial charge >= 0.3 is 0 Å². The molecule has 1 heterocycles. The highest BCUT2D eigenvalue weighted by molar-refractivity contribution is 5.92. The Labute approximate surface area is 107 Å². The van der Waals surface area contributed by atoms with Gasteiger partial charge in [-0.1, -0.05) is 12.8 Å². The summed E-state index contributed by atoms with van der Waals surface area (Å²) in [4.78, 5) is 16.3. The summed E-state index contributed by atoms with van der Waals surface area (Å²) < 4.78 is 0. The molecule has 1 aromatic heterocycles. The van der Waals surface area contributed by atoms with E-state index in [1.54, 1.807) is 6.07 Å². The van der Waals surface area contributed by atoms with Crippen molar-refractivity contribution in [3.05, 3.63) is 29.1 Å². The van der Waals surface area contributed by atoms with E-state index < -0.39 is 6.10 Å². The van der Waals surface area contributed by atoms with E-state index in [1.165, 1.54) is 0 Å². The molecule has 0 radical (unpaired) electrons. The fraction of sp³-hybridized carbons (Fsp3) is 0.571. The van der Waals surface area contributed by atoms with Gasteiger partial charge in [0.1, 0.15) is 5.69 Å². The summed E-state index contributed by atoms with van der Waals surface area (Å²) in [6.45, 7) is 3.82. The molecule has 0 aromatic carbocycles. The molecule has 0 unspecified atom stereocenters. The van der Waals surface area contributed by atoms with Crippen molar-refractivity contribution < 1.29 is 9.90 Å². The number of aryl methyl sites for hydroxylation is 2. The standard InChI is InChI=1S/C14H20N2O2/c1-9-7-10(2)15-12(8-9)14(18)16-11-5-3-4-6-13(11)17/h7-8,11,13,17H,3-6H2,1-2H3,(H,16,18)/t11-,13-/m0/s1. The first-order valence-corrected chi connectivity index (χ1v) is 6.50. The Balaban J connectivity index is 2.06. The van der Waals surface area contributed by atoms with Gasteiger partial charge in [0.05, 0.1) is 12.1 Å². The third kappa shape index (κ3) is 3.07. The molecular weight excluding hydrogens is 228 g/mol. The van der Waals surface area contributed by atoms with Crippen LogP contribution in [0.1, 0.15) is 47.4 Å². The zero-order chi connectivity index (χ0) is 13.1. The predicted molar refractivity (Wildman–Crippen MR) is 69.4 cm³/mol. The predicted octanol–water partition coefficient (Wildman–Crippen LogP) is 1.73. The fourth-order valence-electron chi connectivity index (χ4n) is 2.48. The highest BCUT2D eigenvalue weighted by atomic mass is 16.3. The molecule has 18 heavy (non-hydrogen) atoms. The lowest BCUT2D eigenvalue weighted by Gasteiger charge is -2.28. The van der Waals surface area contributed by atoms with E-state index in [9.17, 15) is 9.90 Å². The maximum absolute atomic E-state index is 12.1. The number of amides is 1. The third-order valence-electron chi connectivity index (χ3n) is 3.38. The van der Waals surface area contributed by atoms with Gasteiger partial charge in [0, 0.05) is 5.69 Å². The van der Waals surface area contributed by atoms with Crippen LogP contribution in [0.3, 0.4) is 0 Å². The fourth-order valence-corrected chi connectivity index (χ4v) is 2.48. The Morgan fingerprint density at radius 1 is 1.33 bits per heavy atom. The van der Waals surface area contributed by atoms with Gasteiger partial charge in [-0.05, 0) is 44.4 Å². The van der Waals surface area contributed by atoms with E-state index in [2.05, 4.69) is 10.3 Å². The lowest BCUT2D eigenvalue weighted by Crippen LogP contribution is -2.45. The first-order chi connectivity index (χ1) is 8.56. The van der Waals surface area contributed by atoms with Gasteiger partial charge in [0.15, 0.2) is 0 Å². The number of pyridine rings is 1. The van der Waals surface area contributed by atoms with Gasteiger partial charge in [0.25, 0.3) is 5.91 Å².